The minimum atomic E-state index is -0.517. The zero-order valence-corrected chi connectivity index (χ0v) is 27.5. The molecular weight excluding hydrogens is 543 g/mol. The van der Waals surface area contributed by atoms with E-state index in [1.54, 1.807) is 0 Å². The third-order valence-electron chi connectivity index (χ3n) is 9.53. The summed E-state index contributed by atoms with van der Waals surface area (Å²) in [6.45, 7) is 21.5. The number of hydrogen-bond acceptors (Lipinski definition) is 5. The molecular formula is C38H41BN2O3. The molecule has 0 amide bonds. The molecule has 1 saturated heterocycles. The first-order chi connectivity index (χ1) is 20.5. The van der Waals surface area contributed by atoms with Crippen molar-refractivity contribution in [2.75, 3.05) is 0 Å². The summed E-state index contributed by atoms with van der Waals surface area (Å²) in [5, 5.41) is 4.25. The molecule has 0 saturated carbocycles. The largest absolute Gasteiger partial charge is 0.498 e. The highest BCUT2D eigenvalue weighted by atomic mass is 16.7. The van der Waals surface area contributed by atoms with Crippen LogP contribution in [-0.2, 0) is 20.1 Å². The first-order valence-electron chi connectivity index (χ1n) is 15.6. The van der Waals surface area contributed by atoms with Crippen molar-refractivity contribution in [2.24, 2.45) is 0 Å². The van der Waals surface area contributed by atoms with E-state index >= 15 is 0 Å². The second-order valence-electron chi connectivity index (χ2n) is 15.4. The lowest BCUT2D eigenvalue weighted by molar-refractivity contribution is 0.00578. The van der Waals surface area contributed by atoms with Gasteiger partial charge >= 0.3 is 7.12 Å². The summed E-state index contributed by atoms with van der Waals surface area (Å²) < 4.78 is 19.8. The summed E-state index contributed by atoms with van der Waals surface area (Å²) >= 11 is 0. The van der Waals surface area contributed by atoms with Gasteiger partial charge in [0.1, 0.15) is 11.2 Å². The Balaban J connectivity index is 1.51. The topological polar surface area (TPSA) is 57.4 Å². The summed E-state index contributed by atoms with van der Waals surface area (Å²) in [6, 6.07) is 23.5. The van der Waals surface area contributed by atoms with Crippen molar-refractivity contribution in [3.63, 3.8) is 0 Å². The van der Waals surface area contributed by atoms with Gasteiger partial charge in [-0.2, -0.15) is 0 Å². The number of nitrogens with zero attached hydrogens (tertiary/aromatic N) is 2. The third kappa shape index (κ3) is 4.45. The smallest absolute Gasteiger partial charge is 0.456 e. The van der Waals surface area contributed by atoms with E-state index in [1.165, 1.54) is 0 Å². The van der Waals surface area contributed by atoms with Gasteiger partial charge in [0.05, 0.1) is 22.2 Å². The predicted octanol–water partition coefficient (Wildman–Crippen LogP) is 9.24. The van der Waals surface area contributed by atoms with Gasteiger partial charge in [-0.05, 0) is 45.4 Å². The average molecular weight is 585 g/mol. The summed E-state index contributed by atoms with van der Waals surface area (Å²) in [7, 11) is -0.517. The van der Waals surface area contributed by atoms with Gasteiger partial charge in [-0.1, -0.05) is 96.1 Å². The molecule has 1 aliphatic rings. The van der Waals surface area contributed by atoms with Gasteiger partial charge in [-0.3, -0.25) is 0 Å². The maximum absolute atomic E-state index is 6.85. The first-order valence-corrected chi connectivity index (χ1v) is 15.6. The summed E-state index contributed by atoms with van der Waals surface area (Å²) in [4.78, 5) is 10.5. The monoisotopic (exact) mass is 584 g/mol. The second kappa shape index (κ2) is 9.39. The van der Waals surface area contributed by atoms with Crippen molar-refractivity contribution >= 4 is 56.3 Å². The number of para-hydroxylation sites is 2. The number of hydrogen-bond donors (Lipinski definition) is 0. The van der Waals surface area contributed by atoms with Crippen LogP contribution < -0.4 is 5.46 Å². The molecule has 6 aromatic rings. The Bertz CT molecular complexity index is 2100. The molecule has 0 bridgehead atoms. The van der Waals surface area contributed by atoms with Crippen LogP contribution in [-0.4, -0.2) is 28.3 Å². The molecule has 0 spiro atoms. The molecule has 4 heterocycles. The van der Waals surface area contributed by atoms with Crippen molar-refractivity contribution in [3.05, 3.63) is 78.1 Å². The normalized spacial score (nSPS) is 17.0. The summed E-state index contributed by atoms with van der Waals surface area (Å²) in [5.74, 6) is 0. The maximum atomic E-state index is 6.85. The van der Waals surface area contributed by atoms with Gasteiger partial charge in [0.2, 0.25) is 0 Å². The van der Waals surface area contributed by atoms with Crippen molar-refractivity contribution in [1.82, 2.24) is 9.97 Å². The average Bonchev–Trinajstić information content (AvgIpc) is 3.43. The Morgan fingerprint density at radius 2 is 1.18 bits per heavy atom. The second-order valence-corrected chi connectivity index (χ2v) is 15.4. The number of benzene rings is 3. The van der Waals surface area contributed by atoms with E-state index in [0.29, 0.717) is 0 Å². The maximum Gasteiger partial charge on any atom is 0.498 e. The fourth-order valence-corrected chi connectivity index (χ4v) is 6.11. The number of furan rings is 1. The molecule has 1 aliphatic heterocycles. The quantitative estimate of drug-likeness (QED) is 0.150. The molecule has 3 aromatic carbocycles. The zero-order valence-electron chi connectivity index (χ0n) is 27.5. The number of rotatable bonds is 2. The van der Waals surface area contributed by atoms with Gasteiger partial charge in [0.25, 0.3) is 0 Å². The Morgan fingerprint density at radius 1 is 0.591 bits per heavy atom. The molecule has 0 atom stereocenters. The van der Waals surface area contributed by atoms with Crippen LogP contribution in [0.5, 0.6) is 0 Å². The molecule has 3 aromatic heterocycles. The van der Waals surface area contributed by atoms with Crippen LogP contribution in [0.15, 0.2) is 71.1 Å². The molecule has 0 aliphatic carbocycles. The molecule has 6 heteroatoms. The lowest BCUT2D eigenvalue weighted by Gasteiger charge is -2.32. The van der Waals surface area contributed by atoms with E-state index in [-0.39, 0.29) is 10.8 Å². The van der Waals surface area contributed by atoms with E-state index in [9.17, 15) is 0 Å². The Morgan fingerprint density at radius 3 is 1.84 bits per heavy atom. The first kappa shape index (κ1) is 29.0. The van der Waals surface area contributed by atoms with Crippen LogP contribution in [0.3, 0.4) is 0 Å². The van der Waals surface area contributed by atoms with Crippen LogP contribution in [0.4, 0.5) is 0 Å². The molecule has 224 valence electrons. The lowest BCUT2D eigenvalue weighted by atomic mass is 9.78. The third-order valence-corrected chi connectivity index (χ3v) is 9.53. The Hall–Kier alpha value is -3.74. The van der Waals surface area contributed by atoms with Gasteiger partial charge in [0.15, 0.2) is 0 Å². The van der Waals surface area contributed by atoms with Crippen molar-refractivity contribution in [1.29, 1.82) is 0 Å². The van der Waals surface area contributed by atoms with Crippen molar-refractivity contribution < 1.29 is 13.7 Å². The molecule has 44 heavy (non-hydrogen) atoms. The van der Waals surface area contributed by atoms with Crippen LogP contribution in [0.25, 0.3) is 54.9 Å². The van der Waals surface area contributed by atoms with Crippen LogP contribution in [0.2, 0.25) is 0 Å². The minimum Gasteiger partial charge on any atom is -0.456 e. The molecule has 0 N–H and O–H groups in total. The fourth-order valence-electron chi connectivity index (χ4n) is 6.11. The zero-order chi connectivity index (χ0) is 31.4. The molecule has 5 nitrogen and oxygen atoms in total. The Kier molecular flexibility index (Phi) is 6.19. The Labute approximate surface area is 260 Å². The highest BCUT2D eigenvalue weighted by Gasteiger charge is 2.52. The number of aromatic nitrogens is 2. The van der Waals surface area contributed by atoms with Gasteiger partial charge in [-0.15, -0.1) is 0 Å². The van der Waals surface area contributed by atoms with E-state index in [4.69, 9.17) is 23.7 Å². The van der Waals surface area contributed by atoms with Gasteiger partial charge in [0, 0.05) is 54.8 Å². The highest BCUT2D eigenvalue weighted by molar-refractivity contribution is 6.65. The molecule has 0 unspecified atom stereocenters. The van der Waals surface area contributed by atoms with Gasteiger partial charge < -0.3 is 13.7 Å². The van der Waals surface area contributed by atoms with E-state index in [0.717, 1.165) is 71.7 Å². The summed E-state index contributed by atoms with van der Waals surface area (Å²) in [6.07, 6.45) is 0. The van der Waals surface area contributed by atoms with Crippen molar-refractivity contribution in [3.8, 4) is 11.1 Å². The molecule has 7 rings (SSSR count). The molecule has 0 radical (unpaired) electrons. The van der Waals surface area contributed by atoms with Crippen LogP contribution in [0.1, 0.15) is 80.6 Å². The van der Waals surface area contributed by atoms with E-state index < -0.39 is 18.3 Å². The standard InChI is InChI=1S/C38H41BN2O3/c1-35(2,3)29-20-18-22-17-19-23-27(21-30(36(4,5)6)41-32(23)31(22)40-29)26-14-11-13-24-25-15-12-16-28(34(25)42-33(24)26)39-43-37(7,8)38(9,10)44-39/h11-21H,1-10H3. The minimum absolute atomic E-state index is 0.0738. The highest BCUT2D eigenvalue weighted by Crippen LogP contribution is 2.42. The summed E-state index contributed by atoms with van der Waals surface area (Å²) in [5.41, 5.74) is 7.45. The number of fused-ring (bicyclic) bond motifs is 6. The van der Waals surface area contributed by atoms with Crippen LogP contribution >= 0.6 is 0 Å². The predicted molar refractivity (Wildman–Crippen MR) is 183 cm³/mol. The van der Waals surface area contributed by atoms with E-state index in [1.807, 2.05) is 0 Å². The van der Waals surface area contributed by atoms with E-state index in [2.05, 4.69) is 136 Å². The van der Waals surface area contributed by atoms with Gasteiger partial charge in [-0.25, -0.2) is 9.97 Å². The molecule has 1 fully saturated rings. The van der Waals surface area contributed by atoms with Crippen molar-refractivity contribution in [2.45, 2.75) is 91.3 Å². The number of pyridine rings is 2. The fraction of sp³-hybridized carbons (Fsp3) is 0.368. The van der Waals surface area contributed by atoms with Crippen LogP contribution in [0, 0.1) is 0 Å². The lowest BCUT2D eigenvalue weighted by Crippen LogP contribution is -2.41. The SMILES string of the molecule is CC(C)(C)c1ccc2ccc3c(-c4cccc5c4oc4c(B6OC(C)(C)C(C)(C)O6)cccc45)cc(C(C)(C)C)nc3c2n1.